The number of halogens is 1. The Labute approximate surface area is 147 Å². The number of amides is 1. The third-order valence-corrected chi connectivity index (χ3v) is 5.90. The Kier molecular flexibility index (Phi) is 5.14. The molecule has 1 N–H and O–H groups in total. The third-order valence-electron chi connectivity index (χ3n) is 5.64. The number of benzene rings is 1. The molecule has 24 heavy (non-hydrogen) atoms. The van der Waals surface area contributed by atoms with Crippen LogP contribution >= 0.6 is 11.6 Å². The Hall–Kier alpha value is -1.55. The van der Waals surface area contributed by atoms with Gasteiger partial charge in [-0.25, -0.2) is 0 Å². The summed E-state index contributed by atoms with van der Waals surface area (Å²) in [5.74, 6) is -0.882. The Balaban J connectivity index is 1.82. The van der Waals surface area contributed by atoms with Gasteiger partial charge in [-0.05, 0) is 43.4 Å². The number of piperidine rings is 1. The van der Waals surface area contributed by atoms with Gasteiger partial charge < -0.3 is 10.0 Å². The van der Waals surface area contributed by atoms with Crippen molar-refractivity contribution < 1.29 is 14.7 Å². The van der Waals surface area contributed by atoms with Crippen molar-refractivity contribution in [3.05, 3.63) is 34.9 Å². The van der Waals surface area contributed by atoms with Gasteiger partial charge in [-0.15, -0.1) is 0 Å². The maximum Gasteiger partial charge on any atom is 0.306 e. The summed E-state index contributed by atoms with van der Waals surface area (Å²) in [6, 6.07) is 7.68. The van der Waals surface area contributed by atoms with Gasteiger partial charge in [-0.1, -0.05) is 43.0 Å². The molecule has 0 unspecified atom stereocenters. The minimum absolute atomic E-state index is 0.174. The standard InChI is InChI=1S/C19H24ClNO3/c20-16-6-4-15(5-7-16)19(10-2-1-3-11-19)18(24)21-12-8-14(9-13-21)17(22)23/h4-7,14H,1-3,8-13H2,(H,22,23). The first-order valence-corrected chi connectivity index (χ1v) is 9.19. The number of carbonyl (C=O) groups is 2. The average molecular weight is 350 g/mol. The van der Waals surface area contributed by atoms with Crippen LogP contribution in [0.15, 0.2) is 24.3 Å². The van der Waals surface area contributed by atoms with Crippen LogP contribution in [0, 0.1) is 5.92 Å². The van der Waals surface area contributed by atoms with Crippen LogP contribution < -0.4 is 0 Å². The lowest BCUT2D eigenvalue weighted by Gasteiger charge is -2.42. The summed E-state index contributed by atoms with van der Waals surface area (Å²) in [4.78, 5) is 26.4. The molecule has 130 valence electrons. The lowest BCUT2D eigenvalue weighted by atomic mass is 9.68. The molecule has 1 saturated carbocycles. The Morgan fingerprint density at radius 3 is 2.17 bits per heavy atom. The van der Waals surface area contributed by atoms with Crippen LogP contribution in [0.25, 0.3) is 0 Å². The van der Waals surface area contributed by atoms with Gasteiger partial charge >= 0.3 is 5.97 Å². The second kappa shape index (κ2) is 7.14. The van der Waals surface area contributed by atoms with E-state index < -0.39 is 11.4 Å². The lowest BCUT2D eigenvalue weighted by molar-refractivity contribution is -0.148. The zero-order valence-corrected chi connectivity index (χ0v) is 14.6. The van der Waals surface area contributed by atoms with Crippen LogP contribution in [-0.2, 0) is 15.0 Å². The van der Waals surface area contributed by atoms with Crippen LogP contribution in [0.3, 0.4) is 0 Å². The fourth-order valence-electron chi connectivity index (χ4n) is 4.18. The van der Waals surface area contributed by atoms with Crippen molar-refractivity contribution in [1.82, 2.24) is 4.90 Å². The molecule has 1 aliphatic carbocycles. The van der Waals surface area contributed by atoms with E-state index in [2.05, 4.69) is 0 Å². The highest BCUT2D eigenvalue weighted by molar-refractivity contribution is 6.30. The van der Waals surface area contributed by atoms with E-state index in [1.54, 1.807) is 0 Å². The molecule has 3 rings (SSSR count). The molecule has 1 aliphatic heterocycles. The van der Waals surface area contributed by atoms with Gasteiger partial charge in [0.05, 0.1) is 11.3 Å². The molecular formula is C19H24ClNO3. The molecule has 5 heteroatoms. The number of aliphatic carboxylic acids is 1. The van der Waals surface area contributed by atoms with Gasteiger partial charge in [-0.3, -0.25) is 9.59 Å². The molecule has 0 atom stereocenters. The molecule has 1 amide bonds. The Bertz CT molecular complexity index is 600. The van der Waals surface area contributed by atoms with Crippen molar-refractivity contribution in [3.8, 4) is 0 Å². The molecule has 0 radical (unpaired) electrons. The zero-order valence-electron chi connectivity index (χ0n) is 13.8. The van der Waals surface area contributed by atoms with Gasteiger partial charge in [0, 0.05) is 18.1 Å². The van der Waals surface area contributed by atoms with Crippen LogP contribution in [-0.4, -0.2) is 35.0 Å². The van der Waals surface area contributed by atoms with Crippen molar-refractivity contribution in [2.24, 2.45) is 5.92 Å². The molecule has 1 heterocycles. The molecular weight excluding hydrogens is 326 g/mol. The van der Waals surface area contributed by atoms with Gasteiger partial charge in [0.15, 0.2) is 0 Å². The highest BCUT2D eigenvalue weighted by Gasteiger charge is 2.44. The summed E-state index contributed by atoms with van der Waals surface area (Å²) in [7, 11) is 0. The predicted octanol–water partition coefficient (Wildman–Crippen LogP) is 3.87. The highest BCUT2D eigenvalue weighted by Crippen LogP contribution is 2.42. The number of hydrogen-bond acceptors (Lipinski definition) is 2. The first kappa shape index (κ1) is 17.3. The van der Waals surface area contributed by atoms with Crippen LogP contribution in [0.5, 0.6) is 0 Å². The zero-order chi connectivity index (χ0) is 17.2. The Morgan fingerprint density at radius 1 is 1.04 bits per heavy atom. The minimum atomic E-state index is -0.743. The van der Waals surface area contributed by atoms with Crippen LogP contribution in [0.2, 0.25) is 5.02 Å². The first-order valence-electron chi connectivity index (χ1n) is 8.81. The molecule has 1 aromatic rings. The molecule has 0 spiro atoms. The van der Waals surface area contributed by atoms with Gasteiger partial charge in [0.1, 0.15) is 0 Å². The summed E-state index contributed by atoms with van der Waals surface area (Å²) in [6.45, 7) is 1.09. The van der Waals surface area contributed by atoms with E-state index in [1.165, 1.54) is 6.42 Å². The summed E-state index contributed by atoms with van der Waals surface area (Å²) in [5.41, 5.74) is 0.593. The SMILES string of the molecule is O=C(O)C1CCN(C(=O)C2(c3ccc(Cl)cc3)CCCCC2)CC1. The average Bonchev–Trinajstić information content (AvgIpc) is 2.62. The van der Waals surface area contributed by atoms with Crippen molar-refractivity contribution in [3.63, 3.8) is 0 Å². The van der Waals surface area contributed by atoms with Crippen molar-refractivity contribution in [2.45, 2.75) is 50.4 Å². The second-order valence-corrected chi connectivity index (χ2v) is 7.49. The molecule has 0 bridgehead atoms. The molecule has 1 aromatic carbocycles. The quantitative estimate of drug-likeness (QED) is 0.901. The topological polar surface area (TPSA) is 57.6 Å². The molecule has 0 aromatic heterocycles. The third kappa shape index (κ3) is 3.30. The predicted molar refractivity (Wildman–Crippen MR) is 93.2 cm³/mol. The minimum Gasteiger partial charge on any atom is -0.481 e. The molecule has 4 nitrogen and oxygen atoms in total. The van der Waals surface area contributed by atoms with E-state index in [0.717, 1.165) is 31.2 Å². The largest absolute Gasteiger partial charge is 0.481 e. The number of rotatable bonds is 3. The van der Waals surface area contributed by atoms with E-state index in [-0.39, 0.29) is 11.8 Å². The smallest absolute Gasteiger partial charge is 0.306 e. The summed E-state index contributed by atoms with van der Waals surface area (Å²) in [5, 5.41) is 9.83. The van der Waals surface area contributed by atoms with E-state index in [4.69, 9.17) is 16.7 Å². The summed E-state index contributed by atoms with van der Waals surface area (Å²) >= 11 is 6.02. The number of carboxylic acids is 1. The maximum atomic E-state index is 13.4. The van der Waals surface area contributed by atoms with E-state index in [0.29, 0.717) is 31.0 Å². The molecule has 1 saturated heterocycles. The van der Waals surface area contributed by atoms with Gasteiger partial charge in [-0.2, -0.15) is 0 Å². The van der Waals surface area contributed by atoms with Crippen LogP contribution in [0.1, 0.15) is 50.5 Å². The van der Waals surface area contributed by atoms with Crippen molar-refractivity contribution in [2.75, 3.05) is 13.1 Å². The number of carbonyl (C=O) groups excluding carboxylic acids is 1. The summed E-state index contributed by atoms with van der Waals surface area (Å²) < 4.78 is 0. The maximum absolute atomic E-state index is 13.4. The monoisotopic (exact) mass is 349 g/mol. The van der Waals surface area contributed by atoms with Gasteiger partial charge in [0.25, 0.3) is 0 Å². The number of nitrogens with zero attached hydrogens (tertiary/aromatic N) is 1. The van der Waals surface area contributed by atoms with E-state index >= 15 is 0 Å². The van der Waals surface area contributed by atoms with Crippen molar-refractivity contribution in [1.29, 1.82) is 0 Å². The van der Waals surface area contributed by atoms with Crippen molar-refractivity contribution >= 4 is 23.5 Å². The second-order valence-electron chi connectivity index (χ2n) is 7.05. The molecule has 2 fully saturated rings. The normalized spacial score (nSPS) is 21.5. The number of likely N-dealkylation sites (tertiary alicyclic amines) is 1. The first-order chi connectivity index (χ1) is 11.5. The summed E-state index contributed by atoms with van der Waals surface area (Å²) in [6.07, 6.45) is 6.12. The van der Waals surface area contributed by atoms with E-state index in [9.17, 15) is 9.59 Å². The van der Waals surface area contributed by atoms with Crippen LogP contribution in [0.4, 0.5) is 0 Å². The lowest BCUT2D eigenvalue weighted by Crippen LogP contribution is -2.51. The highest BCUT2D eigenvalue weighted by atomic mass is 35.5. The fraction of sp³-hybridized carbons (Fsp3) is 0.579. The van der Waals surface area contributed by atoms with E-state index in [1.807, 2.05) is 29.2 Å². The number of hydrogen-bond donors (Lipinski definition) is 1. The fourth-order valence-corrected chi connectivity index (χ4v) is 4.31. The van der Waals surface area contributed by atoms with Gasteiger partial charge in [0.2, 0.25) is 5.91 Å². The number of carboxylic acid groups (broad SMARTS) is 1. The Morgan fingerprint density at radius 2 is 1.62 bits per heavy atom. The molecule has 2 aliphatic rings.